The lowest BCUT2D eigenvalue weighted by Crippen LogP contribution is -2.54. The molecule has 3 rings (SSSR count). The maximum atomic E-state index is 13.2. The summed E-state index contributed by atoms with van der Waals surface area (Å²) in [4.78, 5) is 33.1. The van der Waals surface area contributed by atoms with Crippen LogP contribution in [0.2, 0.25) is 0 Å². The number of aromatic nitrogens is 1. The zero-order valence-corrected chi connectivity index (χ0v) is 20.1. The highest BCUT2D eigenvalue weighted by atomic mass is 32.1. The van der Waals surface area contributed by atoms with Crippen molar-refractivity contribution in [1.29, 1.82) is 0 Å². The lowest BCUT2D eigenvalue weighted by Gasteiger charge is -2.30. The third-order valence-electron chi connectivity index (χ3n) is 5.84. The van der Waals surface area contributed by atoms with E-state index in [0.29, 0.717) is 6.54 Å². The van der Waals surface area contributed by atoms with Crippen molar-refractivity contribution < 1.29 is 14.7 Å². The molecule has 1 aliphatic rings. The molecule has 1 saturated heterocycles. The van der Waals surface area contributed by atoms with Crippen molar-refractivity contribution >= 4 is 23.2 Å². The van der Waals surface area contributed by atoms with Gasteiger partial charge in [-0.25, -0.2) is 4.98 Å². The Hall–Kier alpha value is -2.29. The van der Waals surface area contributed by atoms with E-state index in [1.165, 1.54) is 0 Å². The smallest absolute Gasteiger partial charge is 0.243 e. The summed E-state index contributed by atoms with van der Waals surface area (Å²) in [7, 11) is 0. The summed E-state index contributed by atoms with van der Waals surface area (Å²) in [5.41, 5.74) is 4.93. The van der Waals surface area contributed by atoms with Crippen molar-refractivity contribution in [2.45, 2.75) is 65.3 Å². The van der Waals surface area contributed by atoms with E-state index in [1.807, 2.05) is 50.5 Å². The maximum absolute atomic E-state index is 13.2. The SMILES string of the molecule is CCCN[C@H](C(=O)N1C[C@H](O)C[C@H]1C(=O)NCc1ccc(-c2scnc2C)cc1)C(C)C. The zero-order chi connectivity index (χ0) is 23.3. The van der Waals surface area contributed by atoms with Crippen LogP contribution in [0.4, 0.5) is 0 Å². The molecule has 1 aromatic heterocycles. The van der Waals surface area contributed by atoms with Gasteiger partial charge in [-0.15, -0.1) is 11.3 Å². The standard InChI is InChI=1S/C24H34N4O3S/c1-5-10-25-21(15(2)3)24(31)28-13-19(29)11-20(28)23(30)26-12-17-6-8-18(9-7-17)22-16(4)27-14-32-22/h6-9,14-15,19-21,25,29H,5,10-13H2,1-4H3,(H,26,30)/t19-,20+,21+/m1/s1. The van der Waals surface area contributed by atoms with Crippen LogP contribution in [-0.4, -0.2) is 58.1 Å². The first-order valence-electron chi connectivity index (χ1n) is 11.3. The third-order valence-corrected chi connectivity index (χ3v) is 6.82. The Morgan fingerprint density at radius 1 is 1.28 bits per heavy atom. The Morgan fingerprint density at radius 3 is 2.59 bits per heavy atom. The number of carbonyl (C=O) groups is 2. The van der Waals surface area contributed by atoms with Crippen molar-refractivity contribution in [3.63, 3.8) is 0 Å². The summed E-state index contributed by atoms with van der Waals surface area (Å²) >= 11 is 1.61. The van der Waals surface area contributed by atoms with Gasteiger partial charge in [-0.05, 0) is 36.9 Å². The number of thiazole rings is 1. The van der Waals surface area contributed by atoms with Gasteiger partial charge in [-0.2, -0.15) is 0 Å². The lowest BCUT2D eigenvalue weighted by atomic mass is 10.0. The summed E-state index contributed by atoms with van der Waals surface area (Å²) in [6, 6.07) is 7.03. The number of aryl methyl sites for hydroxylation is 1. The second-order valence-corrected chi connectivity index (χ2v) is 9.61. The molecule has 0 aliphatic carbocycles. The van der Waals surface area contributed by atoms with Gasteiger partial charge in [0.2, 0.25) is 11.8 Å². The van der Waals surface area contributed by atoms with E-state index in [-0.39, 0.29) is 36.7 Å². The first-order valence-corrected chi connectivity index (χ1v) is 12.2. The highest BCUT2D eigenvalue weighted by Gasteiger charge is 2.41. The van der Waals surface area contributed by atoms with E-state index in [4.69, 9.17) is 0 Å². The molecule has 1 aromatic carbocycles. The molecule has 1 fully saturated rings. The fourth-order valence-electron chi connectivity index (χ4n) is 4.05. The summed E-state index contributed by atoms with van der Waals surface area (Å²) in [5, 5.41) is 16.4. The molecule has 0 radical (unpaired) electrons. The second-order valence-electron chi connectivity index (χ2n) is 8.75. The van der Waals surface area contributed by atoms with E-state index in [0.717, 1.165) is 34.7 Å². The molecular formula is C24H34N4O3S. The molecule has 0 spiro atoms. The van der Waals surface area contributed by atoms with Crippen molar-refractivity contribution in [2.75, 3.05) is 13.1 Å². The molecule has 3 N–H and O–H groups in total. The van der Waals surface area contributed by atoms with Gasteiger partial charge in [-0.1, -0.05) is 45.0 Å². The first-order chi connectivity index (χ1) is 15.3. The monoisotopic (exact) mass is 458 g/mol. The topological polar surface area (TPSA) is 94.6 Å². The van der Waals surface area contributed by atoms with Crippen LogP contribution in [0.3, 0.4) is 0 Å². The van der Waals surface area contributed by atoms with Crippen molar-refractivity contribution in [2.24, 2.45) is 5.92 Å². The minimum absolute atomic E-state index is 0.0937. The Morgan fingerprint density at radius 2 is 2.00 bits per heavy atom. The van der Waals surface area contributed by atoms with Crippen molar-refractivity contribution in [3.8, 4) is 10.4 Å². The van der Waals surface area contributed by atoms with Crippen LogP contribution in [-0.2, 0) is 16.1 Å². The van der Waals surface area contributed by atoms with Crippen LogP contribution in [0.15, 0.2) is 29.8 Å². The van der Waals surface area contributed by atoms with Gasteiger partial charge in [0, 0.05) is 19.5 Å². The first kappa shape index (κ1) is 24.4. The van der Waals surface area contributed by atoms with Crippen molar-refractivity contribution in [3.05, 3.63) is 41.0 Å². The molecule has 2 heterocycles. The second kappa shape index (κ2) is 11.0. The number of likely N-dealkylation sites (tertiary alicyclic amines) is 1. The Bertz CT molecular complexity index is 912. The number of rotatable bonds is 9. The number of aliphatic hydroxyl groups is 1. The average Bonchev–Trinajstić information content (AvgIpc) is 3.37. The van der Waals surface area contributed by atoms with Crippen LogP contribution in [0, 0.1) is 12.8 Å². The molecule has 3 atom stereocenters. The normalized spacial score (nSPS) is 19.4. The molecule has 32 heavy (non-hydrogen) atoms. The third kappa shape index (κ3) is 5.74. The summed E-state index contributed by atoms with van der Waals surface area (Å²) < 4.78 is 0. The minimum atomic E-state index is -0.685. The van der Waals surface area contributed by atoms with Crippen LogP contribution in [0.25, 0.3) is 10.4 Å². The number of carbonyl (C=O) groups excluding carboxylic acids is 2. The molecule has 2 amide bonds. The van der Waals surface area contributed by atoms with Gasteiger partial charge in [0.05, 0.1) is 28.2 Å². The highest BCUT2D eigenvalue weighted by Crippen LogP contribution is 2.27. The molecule has 7 nitrogen and oxygen atoms in total. The molecule has 0 saturated carbocycles. The van der Waals surface area contributed by atoms with E-state index >= 15 is 0 Å². The van der Waals surface area contributed by atoms with E-state index in [9.17, 15) is 14.7 Å². The quantitative estimate of drug-likeness (QED) is 0.537. The van der Waals surface area contributed by atoms with Crippen LogP contribution in [0.5, 0.6) is 0 Å². The van der Waals surface area contributed by atoms with Crippen molar-refractivity contribution in [1.82, 2.24) is 20.5 Å². The predicted molar refractivity (Wildman–Crippen MR) is 127 cm³/mol. The fourth-order valence-corrected chi connectivity index (χ4v) is 4.86. The molecule has 2 aromatic rings. The molecule has 0 unspecified atom stereocenters. The number of nitrogens with one attached hydrogen (secondary N) is 2. The zero-order valence-electron chi connectivity index (χ0n) is 19.3. The van der Waals surface area contributed by atoms with Gasteiger partial charge in [0.15, 0.2) is 0 Å². The number of hydrogen-bond acceptors (Lipinski definition) is 6. The lowest BCUT2D eigenvalue weighted by molar-refractivity contribution is -0.141. The summed E-state index contributed by atoms with van der Waals surface area (Å²) in [6.07, 6.45) is 0.500. The number of benzene rings is 1. The maximum Gasteiger partial charge on any atom is 0.243 e. The number of amides is 2. The van der Waals surface area contributed by atoms with E-state index in [2.05, 4.69) is 22.5 Å². The summed E-state index contributed by atoms with van der Waals surface area (Å²) in [5.74, 6) is -0.249. The Balaban J connectivity index is 1.63. The summed E-state index contributed by atoms with van der Waals surface area (Å²) in [6.45, 7) is 9.32. The highest BCUT2D eigenvalue weighted by molar-refractivity contribution is 7.13. The van der Waals surface area contributed by atoms with Gasteiger partial charge in [-0.3, -0.25) is 9.59 Å². The Labute approximate surface area is 194 Å². The molecule has 8 heteroatoms. The van der Waals surface area contributed by atoms with Crippen LogP contribution in [0.1, 0.15) is 44.9 Å². The molecule has 174 valence electrons. The van der Waals surface area contributed by atoms with Gasteiger partial charge in [0.1, 0.15) is 6.04 Å². The molecule has 1 aliphatic heterocycles. The fraction of sp³-hybridized carbons (Fsp3) is 0.542. The van der Waals surface area contributed by atoms with Crippen LogP contribution >= 0.6 is 11.3 Å². The average molecular weight is 459 g/mol. The number of aliphatic hydroxyl groups excluding tert-OH is 1. The minimum Gasteiger partial charge on any atom is -0.391 e. The predicted octanol–water partition coefficient (Wildman–Crippen LogP) is 2.72. The Kier molecular flexibility index (Phi) is 8.39. The van der Waals surface area contributed by atoms with Crippen LogP contribution < -0.4 is 10.6 Å². The van der Waals surface area contributed by atoms with Gasteiger partial charge < -0.3 is 20.6 Å². The number of hydrogen-bond donors (Lipinski definition) is 3. The molecule has 0 bridgehead atoms. The van der Waals surface area contributed by atoms with Gasteiger partial charge >= 0.3 is 0 Å². The van der Waals surface area contributed by atoms with E-state index in [1.54, 1.807) is 16.2 Å². The number of β-amino-alcohol motifs (C(OH)–C–C–N with tert-alkyl or cyclic N) is 1. The largest absolute Gasteiger partial charge is 0.391 e. The van der Waals surface area contributed by atoms with Gasteiger partial charge in [0.25, 0.3) is 0 Å². The van der Waals surface area contributed by atoms with E-state index < -0.39 is 12.1 Å². The number of nitrogens with zero attached hydrogens (tertiary/aromatic N) is 2. The molecular weight excluding hydrogens is 424 g/mol.